The van der Waals surface area contributed by atoms with E-state index in [1.165, 1.54) is 17.4 Å². The molecule has 0 saturated carbocycles. The van der Waals surface area contributed by atoms with Crippen LogP contribution in [0.2, 0.25) is 0 Å². The number of nitrogens with two attached hydrogens (primary N) is 1. The summed E-state index contributed by atoms with van der Waals surface area (Å²) < 4.78 is 38.2. The maximum absolute atomic E-state index is 12.8. The van der Waals surface area contributed by atoms with Crippen LogP contribution in [-0.4, -0.2) is 38.3 Å². The van der Waals surface area contributed by atoms with E-state index in [0.717, 1.165) is 12.1 Å². The largest absolute Gasteiger partial charge is 0.398 e. The highest BCUT2D eigenvalue weighted by atomic mass is 32.2. The third-order valence-electron chi connectivity index (χ3n) is 2.27. The van der Waals surface area contributed by atoms with Crippen molar-refractivity contribution >= 4 is 27.5 Å². The van der Waals surface area contributed by atoms with Gasteiger partial charge < -0.3 is 5.73 Å². The molecular weight excluding hydrogens is 263 g/mol. The van der Waals surface area contributed by atoms with Gasteiger partial charge >= 0.3 is 0 Å². The number of hydrogen-bond acceptors (Lipinski definition) is 4. The predicted molar refractivity (Wildman–Crippen MR) is 69.0 cm³/mol. The molecule has 0 radical (unpaired) electrons. The van der Waals surface area contributed by atoms with Crippen LogP contribution in [0.25, 0.3) is 0 Å². The average molecular weight is 278 g/mol. The molecule has 0 aromatic heterocycles. The number of thioether (sulfide) groups is 1. The summed E-state index contributed by atoms with van der Waals surface area (Å²) >= 11 is 1.55. The Bertz CT molecular complexity index is 491. The standard InChI is InChI=1S/C10H15FN2O2S2/c1-13(5-6-16-2)17(14,15)10-4-3-8(11)7-9(10)12/h3-4,7H,5-6,12H2,1-2H3. The number of rotatable bonds is 5. The lowest BCUT2D eigenvalue weighted by Gasteiger charge is -2.17. The first kappa shape index (κ1) is 14.3. The minimum Gasteiger partial charge on any atom is -0.398 e. The molecule has 0 fully saturated rings. The molecule has 96 valence electrons. The highest BCUT2D eigenvalue weighted by molar-refractivity contribution is 7.98. The Balaban J connectivity index is 3.04. The van der Waals surface area contributed by atoms with E-state index < -0.39 is 15.8 Å². The molecule has 7 heteroatoms. The smallest absolute Gasteiger partial charge is 0.244 e. The van der Waals surface area contributed by atoms with Gasteiger partial charge in [0, 0.05) is 19.3 Å². The molecule has 0 heterocycles. The topological polar surface area (TPSA) is 63.4 Å². The molecule has 0 bridgehead atoms. The van der Waals surface area contributed by atoms with Crippen LogP contribution in [0.15, 0.2) is 23.1 Å². The Kier molecular flexibility index (Phi) is 4.79. The van der Waals surface area contributed by atoms with Crippen LogP contribution in [0, 0.1) is 5.82 Å². The molecular formula is C10H15FN2O2S2. The van der Waals surface area contributed by atoms with Gasteiger partial charge in [0.15, 0.2) is 0 Å². The van der Waals surface area contributed by atoms with E-state index >= 15 is 0 Å². The van der Waals surface area contributed by atoms with Crippen molar-refractivity contribution in [3.63, 3.8) is 0 Å². The van der Waals surface area contributed by atoms with Gasteiger partial charge in [-0.1, -0.05) is 0 Å². The lowest BCUT2D eigenvalue weighted by atomic mass is 10.3. The molecule has 0 aliphatic heterocycles. The second-order valence-corrected chi connectivity index (χ2v) is 6.50. The van der Waals surface area contributed by atoms with E-state index in [1.807, 2.05) is 6.26 Å². The van der Waals surface area contributed by atoms with Gasteiger partial charge in [0.2, 0.25) is 10.0 Å². The fourth-order valence-corrected chi connectivity index (χ4v) is 3.10. The lowest BCUT2D eigenvalue weighted by Crippen LogP contribution is -2.29. The zero-order chi connectivity index (χ0) is 13.1. The molecule has 4 nitrogen and oxygen atoms in total. The van der Waals surface area contributed by atoms with Crippen molar-refractivity contribution in [3.05, 3.63) is 24.0 Å². The molecule has 1 aromatic rings. The molecule has 0 spiro atoms. The first-order valence-corrected chi connectivity index (χ1v) is 7.73. The first-order valence-electron chi connectivity index (χ1n) is 4.90. The van der Waals surface area contributed by atoms with E-state index in [2.05, 4.69) is 0 Å². The highest BCUT2D eigenvalue weighted by Crippen LogP contribution is 2.22. The van der Waals surface area contributed by atoms with Gasteiger partial charge in [-0.3, -0.25) is 0 Å². The number of benzene rings is 1. The van der Waals surface area contributed by atoms with E-state index in [-0.39, 0.29) is 10.6 Å². The third-order valence-corrected chi connectivity index (χ3v) is 4.79. The summed E-state index contributed by atoms with van der Waals surface area (Å²) in [6, 6.07) is 3.29. The van der Waals surface area contributed by atoms with Crippen LogP contribution in [-0.2, 0) is 10.0 Å². The Morgan fingerprint density at radius 3 is 2.65 bits per heavy atom. The van der Waals surface area contributed by atoms with Crippen molar-refractivity contribution in [2.75, 3.05) is 31.3 Å². The van der Waals surface area contributed by atoms with Crippen molar-refractivity contribution in [1.82, 2.24) is 4.31 Å². The van der Waals surface area contributed by atoms with E-state index in [4.69, 9.17) is 5.73 Å². The maximum atomic E-state index is 12.8. The van der Waals surface area contributed by atoms with Crippen LogP contribution in [0.5, 0.6) is 0 Å². The van der Waals surface area contributed by atoms with Crippen LogP contribution >= 0.6 is 11.8 Å². The SMILES string of the molecule is CSCCN(C)S(=O)(=O)c1ccc(F)cc1N. The highest BCUT2D eigenvalue weighted by Gasteiger charge is 2.22. The maximum Gasteiger partial charge on any atom is 0.244 e. The van der Waals surface area contributed by atoms with Gasteiger partial charge in [-0.2, -0.15) is 11.8 Å². The summed E-state index contributed by atoms with van der Waals surface area (Å²) in [4.78, 5) is -0.0532. The normalized spacial score (nSPS) is 12.0. The quantitative estimate of drug-likeness (QED) is 0.827. The fraction of sp³-hybridized carbons (Fsp3) is 0.400. The number of anilines is 1. The zero-order valence-electron chi connectivity index (χ0n) is 9.68. The molecule has 0 aliphatic carbocycles. The monoisotopic (exact) mass is 278 g/mol. The lowest BCUT2D eigenvalue weighted by molar-refractivity contribution is 0.489. The van der Waals surface area contributed by atoms with Gasteiger partial charge in [-0.05, 0) is 24.5 Å². The van der Waals surface area contributed by atoms with E-state index in [0.29, 0.717) is 12.3 Å². The van der Waals surface area contributed by atoms with Crippen molar-refractivity contribution in [2.24, 2.45) is 0 Å². The zero-order valence-corrected chi connectivity index (χ0v) is 11.3. The molecule has 0 atom stereocenters. The molecule has 0 unspecified atom stereocenters. The number of sulfonamides is 1. The predicted octanol–water partition coefficient (Wildman–Crippen LogP) is 1.39. The minimum absolute atomic E-state index is 0.0532. The molecule has 2 N–H and O–H groups in total. The Labute approximate surface area is 105 Å². The summed E-state index contributed by atoms with van der Waals surface area (Å²) in [6.45, 7) is 0.389. The van der Waals surface area contributed by atoms with Gasteiger partial charge in [-0.15, -0.1) is 0 Å². The van der Waals surface area contributed by atoms with Gasteiger partial charge in [-0.25, -0.2) is 17.1 Å². The van der Waals surface area contributed by atoms with Crippen molar-refractivity contribution in [2.45, 2.75) is 4.90 Å². The fourth-order valence-electron chi connectivity index (χ4n) is 1.26. The third kappa shape index (κ3) is 3.34. The molecule has 1 aromatic carbocycles. The van der Waals surface area contributed by atoms with Crippen molar-refractivity contribution in [3.8, 4) is 0 Å². The average Bonchev–Trinajstić information content (AvgIpc) is 2.25. The Morgan fingerprint density at radius 1 is 1.47 bits per heavy atom. The van der Waals surface area contributed by atoms with E-state index in [1.54, 1.807) is 11.8 Å². The van der Waals surface area contributed by atoms with Crippen LogP contribution in [0.3, 0.4) is 0 Å². The summed E-state index contributed by atoms with van der Waals surface area (Å²) in [7, 11) is -2.15. The Hall–Kier alpha value is -0.790. The Morgan fingerprint density at radius 2 is 2.12 bits per heavy atom. The summed E-state index contributed by atoms with van der Waals surface area (Å²) in [6.07, 6.45) is 1.90. The second kappa shape index (κ2) is 5.70. The first-order chi connectivity index (χ1) is 7.89. The summed E-state index contributed by atoms with van der Waals surface area (Å²) in [5, 5.41) is 0. The van der Waals surface area contributed by atoms with Crippen LogP contribution in [0.4, 0.5) is 10.1 Å². The number of nitrogens with zero attached hydrogens (tertiary/aromatic N) is 1. The molecule has 0 amide bonds. The molecule has 17 heavy (non-hydrogen) atoms. The summed E-state index contributed by atoms with van der Waals surface area (Å²) in [5.41, 5.74) is 5.45. The number of halogens is 1. The van der Waals surface area contributed by atoms with Crippen LogP contribution < -0.4 is 5.73 Å². The minimum atomic E-state index is -3.63. The molecule has 1 rings (SSSR count). The molecule has 0 aliphatic rings. The van der Waals surface area contributed by atoms with Gasteiger partial charge in [0.1, 0.15) is 10.7 Å². The van der Waals surface area contributed by atoms with Gasteiger partial charge in [0.05, 0.1) is 5.69 Å². The number of hydrogen-bond donors (Lipinski definition) is 1. The van der Waals surface area contributed by atoms with E-state index in [9.17, 15) is 12.8 Å². The molecule has 0 saturated heterocycles. The summed E-state index contributed by atoms with van der Waals surface area (Å²) in [5.74, 6) is 0.143. The van der Waals surface area contributed by atoms with Gasteiger partial charge in [0.25, 0.3) is 0 Å². The second-order valence-electron chi connectivity index (χ2n) is 3.50. The van der Waals surface area contributed by atoms with Crippen molar-refractivity contribution < 1.29 is 12.8 Å². The number of nitrogen functional groups attached to an aromatic ring is 1. The van der Waals surface area contributed by atoms with Crippen LogP contribution in [0.1, 0.15) is 0 Å². The van der Waals surface area contributed by atoms with Crippen molar-refractivity contribution in [1.29, 1.82) is 0 Å².